The average Bonchev–Trinajstić information content (AvgIpc) is 3.19. The fourth-order valence-electron chi connectivity index (χ4n) is 3.07. The molecule has 1 N–H and O–H groups in total. The smallest absolute Gasteiger partial charge is 0.273 e. The van der Waals surface area contributed by atoms with Crippen LogP contribution in [0.15, 0.2) is 40.6 Å². The molecule has 1 aliphatic heterocycles. The van der Waals surface area contributed by atoms with E-state index in [4.69, 9.17) is 9.47 Å². The highest BCUT2D eigenvalue weighted by atomic mass is 32.2. The van der Waals surface area contributed by atoms with Crippen molar-refractivity contribution in [2.45, 2.75) is 30.3 Å². The second kappa shape index (κ2) is 10.1. The number of aromatic nitrogens is 1. The van der Waals surface area contributed by atoms with Gasteiger partial charge in [0.1, 0.15) is 5.69 Å². The summed E-state index contributed by atoms with van der Waals surface area (Å²) in [5.41, 5.74) is 0.237. The van der Waals surface area contributed by atoms with Gasteiger partial charge in [0.15, 0.2) is 5.13 Å². The normalized spacial score (nSPS) is 17.3. The van der Waals surface area contributed by atoms with E-state index in [1.54, 1.807) is 35.6 Å². The zero-order valence-electron chi connectivity index (χ0n) is 16.2. The number of carbonyl (C=O) groups is 1. The van der Waals surface area contributed by atoms with Crippen LogP contribution >= 0.6 is 11.3 Å². The SMILES string of the molecule is COCCCOC1CCCN(C(=O)c2csc(NS(=O)(=O)c3ccccc3)n2)C1. The number of ether oxygens (including phenoxy) is 2. The summed E-state index contributed by atoms with van der Waals surface area (Å²) >= 11 is 1.09. The van der Waals surface area contributed by atoms with Gasteiger partial charge in [-0.05, 0) is 31.4 Å². The molecule has 10 heteroatoms. The lowest BCUT2D eigenvalue weighted by Gasteiger charge is -2.32. The van der Waals surface area contributed by atoms with Gasteiger partial charge < -0.3 is 14.4 Å². The molecule has 1 unspecified atom stereocenters. The molecule has 2 heterocycles. The van der Waals surface area contributed by atoms with E-state index in [0.29, 0.717) is 26.3 Å². The van der Waals surface area contributed by atoms with Crippen molar-refractivity contribution in [2.75, 3.05) is 38.1 Å². The van der Waals surface area contributed by atoms with Crippen molar-refractivity contribution in [3.63, 3.8) is 0 Å². The van der Waals surface area contributed by atoms with E-state index in [2.05, 4.69) is 9.71 Å². The number of benzene rings is 1. The van der Waals surface area contributed by atoms with E-state index < -0.39 is 10.0 Å². The van der Waals surface area contributed by atoms with Crippen LogP contribution in [-0.2, 0) is 19.5 Å². The number of nitrogens with zero attached hydrogens (tertiary/aromatic N) is 2. The van der Waals surface area contributed by atoms with Crippen LogP contribution in [0, 0.1) is 0 Å². The minimum atomic E-state index is -3.73. The van der Waals surface area contributed by atoms with E-state index in [1.807, 2.05) is 0 Å². The summed E-state index contributed by atoms with van der Waals surface area (Å²) in [5.74, 6) is -0.211. The van der Waals surface area contributed by atoms with Crippen molar-refractivity contribution in [1.29, 1.82) is 0 Å². The topological polar surface area (TPSA) is 97.8 Å². The number of thiazole rings is 1. The number of anilines is 1. The molecule has 1 fully saturated rings. The van der Waals surface area contributed by atoms with E-state index in [-0.39, 0.29) is 27.7 Å². The Kier molecular flexibility index (Phi) is 7.59. The summed E-state index contributed by atoms with van der Waals surface area (Å²) in [7, 11) is -2.08. The Labute approximate surface area is 174 Å². The highest BCUT2D eigenvalue weighted by Gasteiger charge is 2.27. The lowest BCUT2D eigenvalue weighted by Crippen LogP contribution is -2.43. The van der Waals surface area contributed by atoms with Crippen LogP contribution in [-0.4, -0.2) is 63.7 Å². The number of likely N-dealkylation sites (tertiary alicyclic amines) is 1. The Hall–Kier alpha value is -2.01. The third kappa shape index (κ3) is 5.99. The standard InChI is InChI=1S/C19H25N3O5S2/c1-26-11-6-12-27-15-7-5-10-22(13-15)18(23)17-14-28-19(20-17)21-29(24,25)16-8-3-2-4-9-16/h2-4,8-9,14-15H,5-7,10-13H2,1H3,(H,20,21). The molecule has 1 saturated heterocycles. The fourth-order valence-corrected chi connectivity index (χ4v) is 5.02. The number of piperidine rings is 1. The quantitative estimate of drug-likeness (QED) is 0.603. The summed E-state index contributed by atoms with van der Waals surface area (Å²) in [6.45, 7) is 2.40. The van der Waals surface area contributed by atoms with Crippen LogP contribution in [0.4, 0.5) is 5.13 Å². The molecule has 0 bridgehead atoms. The molecule has 1 aromatic carbocycles. The number of nitrogens with one attached hydrogen (secondary N) is 1. The largest absolute Gasteiger partial charge is 0.385 e. The molecule has 0 aliphatic carbocycles. The minimum Gasteiger partial charge on any atom is -0.385 e. The Morgan fingerprint density at radius 1 is 1.31 bits per heavy atom. The minimum absolute atomic E-state index is 0.000698. The maximum absolute atomic E-state index is 12.8. The molecule has 0 saturated carbocycles. The van der Waals surface area contributed by atoms with E-state index in [1.165, 1.54) is 12.1 Å². The lowest BCUT2D eigenvalue weighted by atomic mass is 10.1. The van der Waals surface area contributed by atoms with Crippen LogP contribution in [0.5, 0.6) is 0 Å². The molecule has 1 aromatic heterocycles. The number of hydrogen-bond acceptors (Lipinski definition) is 7. The zero-order valence-corrected chi connectivity index (χ0v) is 17.9. The van der Waals surface area contributed by atoms with E-state index in [0.717, 1.165) is 30.6 Å². The number of carbonyl (C=O) groups excluding carboxylic acids is 1. The molecule has 1 atom stereocenters. The fraction of sp³-hybridized carbons (Fsp3) is 0.474. The van der Waals surface area contributed by atoms with Gasteiger partial charge in [-0.15, -0.1) is 11.3 Å². The van der Waals surface area contributed by atoms with Crippen LogP contribution in [0.1, 0.15) is 29.8 Å². The molecule has 1 aliphatic rings. The van der Waals surface area contributed by atoms with Gasteiger partial charge in [-0.1, -0.05) is 18.2 Å². The van der Waals surface area contributed by atoms with E-state index in [9.17, 15) is 13.2 Å². The molecule has 1 amide bonds. The second-order valence-corrected chi connectivity index (χ2v) is 9.23. The second-order valence-electron chi connectivity index (χ2n) is 6.69. The van der Waals surface area contributed by atoms with Crippen molar-refractivity contribution in [1.82, 2.24) is 9.88 Å². The van der Waals surface area contributed by atoms with Gasteiger partial charge in [0.05, 0.1) is 11.0 Å². The van der Waals surface area contributed by atoms with Gasteiger partial charge in [0.25, 0.3) is 15.9 Å². The molecule has 3 rings (SSSR count). The number of methoxy groups -OCH3 is 1. The van der Waals surface area contributed by atoms with Gasteiger partial charge >= 0.3 is 0 Å². The summed E-state index contributed by atoms with van der Waals surface area (Å²) in [6.07, 6.45) is 2.59. The van der Waals surface area contributed by atoms with Crippen molar-refractivity contribution in [3.8, 4) is 0 Å². The molecular weight excluding hydrogens is 414 g/mol. The molecule has 8 nitrogen and oxygen atoms in total. The molecule has 0 radical (unpaired) electrons. The molecule has 0 spiro atoms. The Balaban J connectivity index is 1.59. The van der Waals surface area contributed by atoms with Crippen LogP contribution in [0.3, 0.4) is 0 Å². The first-order valence-electron chi connectivity index (χ1n) is 9.43. The first-order valence-corrected chi connectivity index (χ1v) is 11.8. The summed E-state index contributed by atoms with van der Waals surface area (Å²) in [4.78, 5) is 18.8. The van der Waals surface area contributed by atoms with Crippen LogP contribution in [0.25, 0.3) is 0 Å². The highest BCUT2D eigenvalue weighted by molar-refractivity contribution is 7.93. The van der Waals surface area contributed by atoms with Gasteiger partial charge in [0, 0.05) is 38.8 Å². The van der Waals surface area contributed by atoms with Crippen molar-refractivity contribution >= 4 is 32.4 Å². The maximum Gasteiger partial charge on any atom is 0.273 e. The predicted octanol–water partition coefficient (Wildman–Crippen LogP) is 2.60. The van der Waals surface area contributed by atoms with Gasteiger partial charge in [-0.3, -0.25) is 9.52 Å². The zero-order chi connectivity index (χ0) is 20.7. The maximum atomic E-state index is 12.8. The average molecular weight is 440 g/mol. The molecule has 29 heavy (non-hydrogen) atoms. The Bertz CT molecular complexity index is 902. The first-order chi connectivity index (χ1) is 14.0. The van der Waals surface area contributed by atoms with Crippen molar-refractivity contribution in [3.05, 3.63) is 41.4 Å². The third-order valence-electron chi connectivity index (χ3n) is 4.51. The monoisotopic (exact) mass is 439 g/mol. The molecule has 158 valence electrons. The third-order valence-corrected chi connectivity index (χ3v) is 6.75. The van der Waals surface area contributed by atoms with Gasteiger partial charge in [0.2, 0.25) is 0 Å². The number of sulfonamides is 1. The van der Waals surface area contributed by atoms with Crippen LogP contribution < -0.4 is 4.72 Å². The number of hydrogen-bond donors (Lipinski definition) is 1. The van der Waals surface area contributed by atoms with E-state index >= 15 is 0 Å². The summed E-state index contributed by atoms with van der Waals surface area (Å²) < 4.78 is 38.1. The lowest BCUT2D eigenvalue weighted by molar-refractivity contribution is -0.00448. The molecular formula is C19H25N3O5S2. The predicted molar refractivity (Wildman–Crippen MR) is 111 cm³/mol. The number of rotatable bonds is 9. The Morgan fingerprint density at radius 3 is 2.86 bits per heavy atom. The van der Waals surface area contributed by atoms with Crippen LogP contribution in [0.2, 0.25) is 0 Å². The first kappa shape index (κ1) is 21.7. The van der Waals surface area contributed by atoms with Crippen molar-refractivity contribution < 1.29 is 22.7 Å². The molecule has 2 aromatic rings. The van der Waals surface area contributed by atoms with Gasteiger partial charge in [-0.25, -0.2) is 13.4 Å². The Morgan fingerprint density at radius 2 is 2.10 bits per heavy atom. The van der Waals surface area contributed by atoms with Gasteiger partial charge in [-0.2, -0.15) is 0 Å². The highest BCUT2D eigenvalue weighted by Crippen LogP contribution is 2.22. The summed E-state index contributed by atoms with van der Waals surface area (Å²) in [6, 6.07) is 8.04. The number of amides is 1. The summed E-state index contributed by atoms with van der Waals surface area (Å²) in [5, 5.41) is 1.75. The van der Waals surface area contributed by atoms with Crippen molar-refractivity contribution in [2.24, 2.45) is 0 Å².